The van der Waals surface area contributed by atoms with Crippen LogP contribution < -0.4 is 10.1 Å². The van der Waals surface area contributed by atoms with Gasteiger partial charge in [-0.3, -0.25) is 14.4 Å². The van der Waals surface area contributed by atoms with Crippen LogP contribution in [0.25, 0.3) is 0 Å². The summed E-state index contributed by atoms with van der Waals surface area (Å²) in [6.45, 7) is 6.16. The molecule has 172 valence electrons. The van der Waals surface area contributed by atoms with Crippen LogP contribution in [0, 0.1) is 0 Å². The van der Waals surface area contributed by atoms with Gasteiger partial charge in [-0.05, 0) is 58.8 Å². The second kappa shape index (κ2) is 10.9. The van der Waals surface area contributed by atoms with E-state index in [0.717, 1.165) is 5.75 Å². The van der Waals surface area contributed by atoms with Gasteiger partial charge >= 0.3 is 5.97 Å². The topological polar surface area (TPSA) is 81.7 Å². The number of ether oxygens (including phenoxy) is 2. The predicted octanol–water partition coefficient (Wildman–Crippen LogP) is 5.98. The summed E-state index contributed by atoms with van der Waals surface area (Å²) in [5.74, 6) is 0.223. The average Bonchev–Trinajstić information content (AvgIpc) is 3.32. The van der Waals surface area contributed by atoms with Gasteiger partial charge in [0.1, 0.15) is 11.5 Å². The Balaban J connectivity index is 1.41. The highest BCUT2D eigenvalue weighted by molar-refractivity contribution is 7.12. The van der Waals surface area contributed by atoms with Crippen molar-refractivity contribution in [3.8, 4) is 11.5 Å². The van der Waals surface area contributed by atoms with E-state index in [2.05, 4.69) is 26.1 Å². The van der Waals surface area contributed by atoms with Crippen LogP contribution in [0.3, 0.4) is 0 Å². The molecule has 0 fully saturated rings. The quantitative estimate of drug-likeness (QED) is 0.310. The summed E-state index contributed by atoms with van der Waals surface area (Å²) in [7, 11) is 0. The van der Waals surface area contributed by atoms with E-state index in [-0.39, 0.29) is 36.6 Å². The van der Waals surface area contributed by atoms with E-state index >= 15 is 0 Å². The third kappa shape index (κ3) is 7.57. The van der Waals surface area contributed by atoms with Crippen LogP contribution >= 0.6 is 11.3 Å². The van der Waals surface area contributed by atoms with Crippen molar-refractivity contribution in [1.29, 1.82) is 0 Å². The number of nitrogens with one attached hydrogen (secondary N) is 1. The van der Waals surface area contributed by atoms with Gasteiger partial charge in [-0.1, -0.05) is 39.0 Å². The second-order valence-corrected chi connectivity index (χ2v) is 9.46. The molecule has 0 unspecified atom stereocenters. The van der Waals surface area contributed by atoms with E-state index < -0.39 is 5.97 Å². The molecule has 2 aromatic carbocycles. The van der Waals surface area contributed by atoms with Crippen LogP contribution in [0.5, 0.6) is 11.5 Å². The van der Waals surface area contributed by atoms with E-state index in [1.807, 2.05) is 24.3 Å². The Morgan fingerprint density at radius 3 is 2.09 bits per heavy atom. The van der Waals surface area contributed by atoms with Crippen molar-refractivity contribution < 1.29 is 23.9 Å². The van der Waals surface area contributed by atoms with Crippen LogP contribution in [-0.2, 0) is 19.7 Å². The fourth-order valence-electron chi connectivity index (χ4n) is 2.93. The summed E-state index contributed by atoms with van der Waals surface area (Å²) in [4.78, 5) is 36.3. The van der Waals surface area contributed by atoms with Gasteiger partial charge in [0.05, 0.1) is 11.3 Å². The lowest BCUT2D eigenvalue weighted by molar-refractivity contribution is -0.143. The Morgan fingerprint density at radius 1 is 0.879 bits per heavy atom. The molecule has 0 saturated carbocycles. The van der Waals surface area contributed by atoms with Crippen LogP contribution in [0.4, 0.5) is 5.69 Å². The number of benzene rings is 2. The average molecular weight is 466 g/mol. The highest BCUT2D eigenvalue weighted by Crippen LogP contribution is 2.27. The standard InChI is InChI=1S/C26H27NO5S/c1-26(2,3)18-6-10-20(11-7-18)32-21-12-8-19(9-13-21)27-24(29)14-15-25(30)31-17-22(28)23-5-4-16-33-23/h4-13,16H,14-15,17H2,1-3H3,(H,27,29). The van der Waals surface area contributed by atoms with Crippen molar-refractivity contribution in [1.82, 2.24) is 0 Å². The number of anilines is 1. The molecule has 0 aliphatic heterocycles. The van der Waals surface area contributed by atoms with E-state index in [1.165, 1.54) is 16.9 Å². The van der Waals surface area contributed by atoms with E-state index in [1.54, 1.807) is 41.8 Å². The van der Waals surface area contributed by atoms with Crippen molar-refractivity contribution >= 4 is 34.7 Å². The van der Waals surface area contributed by atoms with Crippen molar-refractivity contribution in [3.05, 3.63) is 76.5 Å². The Bertz CT molecular complexity index is 1080. The molecule has 1 amide bonds. The predicted molar refractivity (Wildman–Crippen MR) is 129 cm³/mol. The summed E-state index contributed by atoms with van der Waals surface area (Å²) < 4.78 is 10.8. The van der Waals surface area contributed by atoms with Gasteiger partial charge in [-0.25, -0.2) is 0 Å². The van der Waals surface area contributed by atoms with Gasteiger partial charge in [0.25, 0.3) is 0 Å². The fraction of sp³-hybridized carbons (Fsp3) is 0.269. The minimum absolute atomic E-state index is 0.0373. The molecule has 33 heavy (non-hydrogen) atoms. The first-order chi connectivity index (χ1) is 15.7. The molecule has 0 saturated heterocycles. The molecule has 7 heteroatoms. The summed E-state index contributed by atoms with van der Waals surface area (Å²) >= 11 is 1.29. The third-order valence-corrected chi connectivity index (χ3v) is 5.72. The molecule has 0 spiro atoms. The minimum atomic E-state index is -0.587. The van der Waals surface area contributed by atoms with Crippen LogP contribution in [0.2, 0.25) is 0 Å². The molecule has 0 aliphatic carbocycles. The molecular formula is C26H27NO5S. The summed E-state index contributed by atoms with van der Waals surface area (Å²) in [6.07, 6.45) is -0.139. The lowest BCUT2D eigenvalue weighted by Gasteiger charge is -2.19. The SMILES string of the molecule is CC(C)(C)c1ccc(Oc2ccc(NC(=O)CCC(=O)OCC(=O)c3cccs3)cc2)cc1. The van der Waals surface area contributed by atoms with Crippen molar-refractivity contribution in [2.24, 2.45) is 0 Å². The number of carbonyl (C=O) groups is 3. The number of thiophene rings is 1. The summed E-state index contributed by atoms with van der Waals surface area (Å²) in [6, 6.07) is 18.4. The van der Waals surface area contributed by atoms with E-state index in [4.69, 9.17) is 9.47 Å². The molecule has 6 nitrogen and oxygen atoms in total. The third-order valence-electron chi connectivity index (χ3n) is 4.81. The Labute approximate surface area is 197 Å². The van der Waals surface area contributed by atoms with Gasteiger partial charge < -0.3 is 14.8 Å². The first-order valence-electron chi connectivity index (χ1n) is 10.6. The number of Topliss-reactive ketones (excluding diaryl/α,β-unsaturated/α-hetero) is 1. The van der Waals surface area contributed by atoms with E-state index in [0.29, 0.717) is 16.3 Å². The van der Waals surface area contributed by atoms with Gasteiger partial charge in [-0.15, -0.1) is 11.3 Å². The molecule has 1 N–H and O–H groups in total. The number of hydrogen-bond acceptors (Lipinski definition) is 6. The smallest absolute Gasteiger partial charge is 0.306 e. The zero-order valence-electron chi connectivity index (χ0n) is 18.9. The van der Waals surface area contributed by atoms with Gasteiger partial charge in [0, 0.05) is 12.1 Å². The Morgan fingerprint density at radius 2 is 1.52 bits per heavy atom. The molecule has 0 bridgehead atoms. The number of carbonyl (C=O) groups excluding carboxylic acids is 3. The molecule has 0 aliphatic rings. The van der Waals surface area contributed by atoms with Gasteiger partial charge in [0.15, 0.2) is 6.61 Å². The molecule has 3 rings (SSSR count). The number of rotatable bonds is 9. The van der Waals surface area contributed by atoms with Crippen LogP contribution in [0.1, 0.15) is 48.8 Å². The fourth-order valence-corrected chi connectivity index (χ4v) is 3.58. The van der Waals surface area contributed by atoms with Gasteiger partial charge in [-0.2, -0.15) is 0 Å². The molecule has 3 aromatic rings. The summed E-state index contributed by atoms with van der Waals surface area (Å²) in [5, 5.41) is 4.51. The Hall–Kier alpha value is -3.45. The zero-order valence-corrected chi connectivity index (χ0v) is 19.7. The second-order valence-electron chi connectivity index (χ2n) is 8.51. The number of ketones is 1. The lowest BCUT2D eigenvalue weighted by atomic mass is 9.87. The molecule has 1 heterocycles. The molecule has 1 aromatic heterocycles. The monoisotopic (exact) mass is 465 g/mol. The van der Waals surface area contributed by atoms with Crippen LogP contribution in [0.15, 0.2) is 66.0 Å². The number of esters is 1. The molecular weight excluding hydrogens is 438 g/mol. The highest BCUT2D eigenvalue weighted by Gasteiger charge is 2.14. The van der Waals surface area contributed by atoms with Crippen LogP contribution in [-0.4, -0.2) is 24.3 Å². The Kier molecular flexibility index (Phi) is 8.01. The van der Waals surface area contributed by atoms with Crippen molar-refractivity contribution in [2.45, 2.75) is 39.0 Å². The summed E-state index contributed by atoms with van der Waals surface area (Å²) in [5.41, 5.74) is 1.90. The van der Waals surface area contributed by atoms with Crippen molar-refractivity contribution in [3.63, 3.8) is 0 Å². The maximum absolute atomic E-state index is 12.1. The number of amides is 1. The largest absolute Gasteiger partial charge is 0.457 e. The number of hydrogen-bond donors (Lipinski definition) is 1. The molecule has 0 atom stereocenters. The first kappa shape index (κ1) is 24.2. The molecule has 0 radical (unpaired) electrons. The zero-order chi connectivity index (χ0) is 23.8. The van der Waals surface area contributed by atoms with E-state index in [9.17, 15) is 14.4 Å². The maximum Gasteiger partial charge on any atom is 0.306 e. The maximum atomic E-state index is 12.1. The van der Waals surface area contributed by atoms with Gasteiger partial charge in [0.2, 0.25) is 11.7 Å². The minimum Gasteiger partial charge on any atom is -0.457 e. The normalized spacial score (nSPS) is 11.0. The highest BCUT2D eigenvalue weighted by atomic mass is 32.1. The van der Waals surface area contributed by atoms with Crippen molar-refractivity contribution in [2.75, 3.05) is 11.9 Å². The lowest BCUT2D eigenvalue weighted by Crippen LogP contribution is -2.17. The first-order valence-corrected chi connectivity index (χ1v) is 11.5.